The quantitative estimate of drug-likeness (QED) is 0.784. The Kier molecular flexibility index (Phi) is 4.20. The first-order chi connectivity index (χ1) is 10.6. The second-order valence-electron chi connectivity index (χ2n) is 6.72. The minimum absolute atomic E-state index is 0.140. The maximum atomic E-state index is 12.9. The summed E-state index contributed by atoms with van der Waals surface area (Å²) in [6.07, 6.45) is -0.887. The van der Waals surface area contributed by atoms with Crippen molar-refractivity contribution in [1.29, 1.82) is 0 Å². The van der Waals surface area contributed by atoms with Gasteiger partial charge in [0.1, 0.15) is 5.60 Å². The second kappa shape index (κ2) is 5.68. The lowest BCUT2D eigenvalue weighted by atomic mass is 9.81. The number of hydrogen-bond acceptors (Lipinski definition) is 5. The molecule has 0 radical (unpaired) electrons. The van der Waals surface area contributed by atoms with Gasteiger partial charge in [0.15, 0.2) is 0 Å². The number of nitrogens with zero attached hydrogens (tertiary/aromatic N) is 1. The molecule has 0 spiro atoms. The van der Waals surface area contributed by atoms with Gasteiger partial charge in [-0.1, -0.05) is 18.2 Å². The van der Waals surface area contributed by atoms with E-state index in [4.69, 9.17) is 9.47 Å². The molecule has 23 heavy (non-hydrogen) atoms. The van der Waals surface area contributed by atoms with Crippen molar-refractivity contribution in [3.8, 4) is 0 Å². The minimum Gasteiger partial charge on any atom is -0.469 e. The van der Waals surface area contributed by atoms with Gasteiger partial charge in [0.05, 0.1) is 24.6 Å². The van der Waals surface area contributed by atoms with Crippen molar-refractivity contribution < 1.29 is 23.9 Å². The Morgan fingerprint density at radius 3 is 2.39 bits per heavy atom. The third kappa shape index (κ3) is 3.06. The molecule has 0 fully saturated rings. The van der Waals surface area contributed by atoms with Crippen LogP contribution in [0.5, 0.6) is 0 Å². The van der Waals surface area contributed by atoms with Crippen molar-refractivity contribution in [2.75, 3.05) is 12.0 Å². The van der Waals surface area contributed by atoms with E-state index >= 15 is 0 Å². The molecule has 0 N–H and O–H groups in total. The van der Waals surface area contributed by atoms with E-state index in [9.17, 15) is 14.4 Å². The van der Waals surface area contributed by atoms with Crippen LogP contribution < -0.4 is 4.90 Å². The molecule has 0 aromatic heterocycles. The first kappa shape index (κ1) is 17.0. The number of benzene rings is 1. The summed E-state index contributed by atoms with van der Waals surface area (Å²) in [5.41, 5.74) is -0.826. The van der Waals surface area contributed by atoms with Crippen LogP contribution in [0.4, 0.5) is 10.5 Å². The number of carbonyl (C=O) groups excluding carboxylic acids is 3. The van der Waals surface area contributed by atoms with E-state index in [1.54, 1.807) is 52.0 Å². The highest BCUT2D eigenvalue weighted by Crippen LogP contribution is 2.44. The summed E-state index contributed by atoms with van der Waals surface area (Å²) in [5.74, 6) is -1.000. The van der Waals surface area contributed by atoms with Crippen molar-refractivity contribution in [2.24, 2.45) is 0 Å². The molecule has 1 aromatic carbocycles. The average molecular weight is 319 g/mol. The van der Waals surface area contributed by atoms with Gasteiger partial charge in [-0.15, -0.1) is 0 Å². The van der Waals surface area contributed by atoms with Crippen LogP contribution in [-0.2, 0) is 24.5 Å². The fourth-order valence-electron chi connectivity index (χ4n) is 2.63. The molecule has 0 saturated heterocycles. The van der Waals surface area contributed by atoms with Crippen LogP contribution in [0.1, 0.15) is 39.7 Å². The zero-order chi connectivity index (χ0) is 17.4. The highest BCUT2D eigenvalue weighted by atomic mass is 16.6. The van der Waals surface area contributed by atoms with Gasteiger partial charge in [-0.05, 0) is 39.3 Å². The highest BCUT2D eigenvalue weighted by Gasteiger charge is 2.51. The highest BCUT2D eigenvalue weighted by molar-refractivity contribution is 6.21. The van der Waals surface area contributed by atoms with E-state index in [-0.39, 0.29) is 6.42 Å². The molecule has 0 aliphatic carbocycles. The summed E-state index contributed by atoms with van der Waals surface area (Å²) in [4.78, 5) is 38.1. The Morgan fingerprint density at radius 2 is 1.83 bits per heavy atom. The maximum Gasteiger partial charge on any atom is 0.421 e. The van der Waals surface area contributed by atoms with Crippen molar-refractivity contribution in [3.05, 3.63) is 29.8 Å². The molecule has 6 heteroatoms. The number of imide groups is 1. The molecule has 2 rings (SSSR count). The van der Waals surface area contributed by atoms with E-state index in [0.717, 1.165) is 4.90 Å². The van der Waals surface area contributed by atoms with Crippen molar-refractivity contribution in [1.82, 2.24) is 0 Å². The van der Waals surface area contributed by atoms with E-state index in [2.05, 4.69) is 0 Å². The first-order valence-electron chi connectivity index (χ1n) is 7.34. The minimum atomic E-state index is -1.15. The van der Waals surface area contributed by atoms with E-state index < -0.39 is 29.0 Å². The standard InChI is InChI=1S/C17H21NO5/c1-16(2,3)23-15(21)18-12-9-7-6-8-11(12)17(4,14(18)20)10-13(19)22-5/h6-9H,10H2,1-5H3. The Hall–Kier alpha value is -2.37. The number of fused-ring (bicyclic) bond motifs is 1. The molecule has 1 aliphatic heterocycles. The summed E-state index contributed by atoms with van der Waals surface area (Å²) in [7, 11) is 1.27. The lowest BCUT2D eigenvalue weighted by Gasteiger charge is -2.25. The van der Waals surface area contributed by atoms with Crippen LogP contribution in [0.15, 0.2) is 24.3 Å². The number of rotatable bonds is 2. The van der Waals surface area contributed by atoms with Gasteiger partial charge in [-0.3, -0.25) is 9.59 Å². The van der Waals surface area contributed by atoms with Crippen LogP contribution in [-0.4, -0.2) is 30.7 Å². The topological polar surface area (TPSA) is 72.9 Å². The molecular weight excluding hydrogens is 298 g/mol. The van der Waals surface area contributed by atoms with Crippen LogP contribution in [0.25, 0.3) is 0 Å². The van der Waals surface area contributed by atoms with E-state index in [0.29, 0.717) is 11.3 Å². The molecule has 1 aliphatic rings. The van der Waals surface area contributed by atoms with Gasteiger partial charge in [0.2, 0.25) is 5.91 Å². The predicted molar refractivity (Wildman–Crippen MR) is 84.1 cm³/mol. The Labute approximate surface area is 135 Å². The Balaban J connectivity index is 2.46. The molecule has 0 bridgehead atoms. The number of hydrogen-bond donors (Lipinski definition) is 0. The van der Waals surface area contributed by atoms with Crippen molar-refractivity contribution >= 4 is 23.7 Å². The number of para-hydroxylation sites is 1. The number of ether oxygens (including phenoxy) is 2. The Morgan fingerprint density at radius 1 is 1.22 bits per heavy atom. The van der Waals surface area contributed by atoms with Crippen molar-refractivity contribution in [2.45, 2.75) is 45.1 Å². The van der Waals surface area contributed by atoms with E-state index in [1.165, 1.54) is 7.11 Å². The van der Waals surface area contributed by atoms with Gasteiger partial charge < -0.3 is 9.47 Å². The average Bonchev–Trinajstić information content (AvgIpc) is 2.66. The molecule has 0 saturated carbocycles. The fourth-order valence-corrected chi connectivity index (χ4v) is 2.63. The number of anilines is 1. The summed E-state index contributed by atoms with van der Waals surface area (Å²) < 4.78 is 10.0. The second-order valence-corrected chi connectivity index (χ2v) is 6.72. The maximum absolute atomic E-state index is 12.9. The molecule has 1 aromatic rings. The largest absolute Gasteiger partial charge is 0.469 e. The summed E-state index contributed by atoms with van der Waals surface area (Å²) in [5, 5.41) is 0. The summed E-state index contributed by atoms with van der Waals surface area (Å²) in [6, 6.07) is 6.90. The van der Waals surface area contributed by atoms with Gasteiger partial charge in [0, 0.05) is 0 Å². The Bertz CT molecular complexity index is 661. The fraction of sp³-hybridized carbons (Fsp3) is 0.471. The summed E-state index contributed by atoms with van der Waals surface area (Å²) in [6.45, 7) is 6.82. The van der Waals surface area contributed by atoms with Gasteiger partial charge in [-0.2, -0.15) is 0 Å². The monoisotopic (exact) mass is 319 g/mol. The van der Waals surface area contributed by atoms with Gasteiger partial charge in [-0.25, -0.2) is 9.69 Å². The zero-order valence-electron chi connectivity index (χ0n) is 14.0. The lowest BCUT2D eigenvalue weighted by Crippen LogP contribution is -2.45. The van der Waals surface area contributed by atoms with E-state index in [1.807, 2.05) is 0 Å². The van der Waals surface area contributed by atoms with Crippen LogP contribution in [0.3, 0.4) is 0 Å². The van der Waals surface area contributed by atoms with Crippen molar-refractivity contribution in [3.63, 3.8) is 0 Å². The van der Waals surface area contributed by atoms with Gasteiger partial charge >= 0.3 is 12.1 Å². The molecular formula is C17H21NO5. The third-order valence-electron chi connectivity index (χ3n) is 3.72. The number of esters is 1. The van der Waals surface area contributed by atoms with Gasteiger partial charge in [0.25, 0.3) is 0 Å². The summed E-state index contributed by atoms with van der Waals surface area (Å²) >= 11 is 0. The number of carbonyl (C=O) groups is 3. The number of methoxy groups -OCH3 is 1. The lowest BCUT2D eigenvalue weighted by molar-refractivity contribution is -0.144. The predicted octanol–water partition coefficient (Wildman–Crippen LogP) is 2.79. The van der Waals surface area contributed by atoms with Crippen LogP contribution in [0, 0.1) is 0 Å². The molecule has 1 heterocycles. The smallest absolute Gasteiger partial charge is 0.421 e. The SMILES string of the molecule is COC(=O)CC1(C)C(=O)N(C(=O)OC(C)(C)C)c2ccccc21. The first-order valence-corrected chi connectivity index (χ1v) is 7.34. The zero-order valence-corrected chi connectivity index (χ0v) is 14.0. The number of amides is 2. The molecule has 124 valence electrons. The van der Waals surface area contributed by atoms with Crippen LogP contribution in [0.2, 0.25) is 0 Å². The van der Waals surface area contributed by atoms with Crippen LogP contribution >= 0.6 is 0 Å². The molecule has 1 atom stereocenters. The molecule has 2 amide bonds. The third-order valence-corrected chi connectivity index (χ3v) is 3.72. The molecule has 6 nitrogen and oxygen atoms in total. The normalized spacial score (nSPS) is 20.2. The molecule has 1 unspecified atom stereocenters.